The molecule has 2 aromatic rings. The molecule has 0 bridgehead atoms. The normalized spacial score (nSPS) is 19.3. The van der Waals surface area contributed by atoms with Gasteiger partial charge in [0.2, 0.25) is 5.91 Å². The van der Waals surface area contributed by atoms with E-state index in [1.807, 2.05) is 43.3 Å². The van der Waals surface area contributed by atoms with Crippen molar-refractivity contribution in [3.8, 4) is 0 Å². The minimum absolute atomic E-state index is 0.294. The zero-order chi connectivity index (χ0) is 19.6. The van der Waals surface area contributed by atoms with Crippen LogP contribution in [0.25, 0.3) is 0 Å². The van der Waals surface area contributed by atoms with Crippen LogP contribution in [0.5, 0.6) is 0 Å². The van der Waals surface area contributed by atoms with E-state index in [1.165, 1.54) is 4.88 Å². The summed E-state index contributed by atoms with van der Waals surface area (Å²) in [4.78, 5) is 40.7. The lowest BCUT2D eigenvalue weighted by Crippen LogP contribution is -2.43. The minimum atomic E-state index is -1.16. The van der Waals surface area contributed by atoms with E-state index < -0.39 is 17.5 Å². The molecule has 0 spiro atoms. The zero-order valence-corrected chi connectivity index (χ0v) is 16.5. The number of thiophene rings is 1. The second-order valence-corrected chi connectivity index (χ2v) is 8.06. The number of aryl methyl sites for hydroxylation is 2. The minimum Gasteiger partial charge on any atom is -0.350 e. The van der Waals surface area contributed by atoms with Crippen molar-refractivity contribution in [3.05, 3.63) is 57.3 Å². The highest BCUT2D eigenvalue weighted by Gasteiger charge is 2.49. The number of benzene rings is 1. The number of imide groups is 1. The summed E-state index contributed by atoms with van der Waals surface area (Å²) < 4.78 is 0. The fourth-order valence-corrected chi connectivity index (χ4v) is 3.91. The summed E-state index contributed by atoms with van der Waals surface area (Å²) in [5.74, 6) is -0.783. The van der Waals surface area contributed by atoms with Crippen molar-refractivity contribution in [1.29, 1.82) is 0 Å². The third kappa shape index (κ3) is 3.88. The number of rotatable bonds is 6. The first-order chi connectivity index (χ1) is 12.8. The molecule has 1 aliphatic rings. The molecule has 6 nitrogen and oxygen atoms in total. The van der Waals surface area contributed by atoms with Crippen molar-refractivity contribution in [1.82, 2.24) is 15.5 Å². The van der Waals surface area contributed by atoms with Crippen LogP contribution in [0, 0.1) is 6.92 Å². The molecule has 7 heteroatoms. The molecule has 1 aromatic heterocycles. The lowest BCUT2D eigenvalue weighted by Gasteiger charge is -2.22. The molecular formula is C20H23N3O3S. The molecule has 0 radical (unpaired) electrons. The van der Waals surface area contributed by atoms with Crippen molar-refractivity contribution in [2.75, 3.05) is 6.54 Å². The second-order valence-electron chi connectivity index (χ2n) is 6.81. The van der Waals surface area contributed by atoms with Crippen molar-refractivity contribution >= 4 is 29.2 Å². The Kier molecular flexibility index (Phi) is 5.32. The number of nitrogens with zero attached hydrogens (tertiary/aromatic N) is 1. The monoisotopic (exact) mass is 385 g/mol. The van der Waals surface area contributed by atoms with Gasteiger partial charge in [-0.15, -0.1) is 11.3 Å². The summed E-state index contributed by atoms with van der Waals surface area (Å²) in [6.45, 7) is 5.79. The maximum atomic E-state index is 12.8. The van der Waals surface area contributed by atoms with Gasteiger partial charge in [0.25, 0.3) is 5.91 Å². The predicted molar refractivity (Wildman–Crippen MR) is 104 cm³/mol. The molecule has 0 aliphatic carbocycles. The molecule has 2 N–H and O–H groups in total. The van der Waals surface area contributed by atoms with Gasteiger partial charge in [0, 0.05) is 9.75 Å². The Hall–Kier alpha value is -2.67. The Balaban J connectivity index is 1.64. The first-order valence-corrected chi connectivity index (χ1v) is 9.70. The average molecular weight is 385 g/mol. The summed E-state index contributed by atoms with van der Waals surface area (Å²) >= 11 is 1.64. The fourth-order valence-electron chi connectivity index (χ4n) is 3.02. The first-order valence-electron chi connectivity index (χ1n) is 8.89. The van der Waals surface area contributed by atoms with Crippen LogP contribution in [0.2, 0.25) is 0 Å². The number of urea groups is 1. The van der Waals surface area contributed by atoms with Crippen molar-refractivity contribution in [3.63, 3.8) is 0 Å². The van der Waals surface area contributed by atoms with Gasteiger partial charge in [-0.25, -0.2) is 4.79 Å². The van der Waals surface area contributed by atoms with E-state index >= 15 is 0 Å². The molecule has 27 heavy (non-hydrogen) atoms. The molecule has 1 aliphatic heterocycles. The molecule has 1 aromatic carbocycles. The van der Waals surface area contributed by atoms with Crippen LogP contribution in [0.15, 0.2) is 36.4 Å². The summed E-state index contributed by atoms with van der Waals surface area (Å²) in [7, 11) is 0. The molecular weight excluding hydrogens is 362 g/mol. The first kappa shape index (κ1) is 19.1. The molecule has 1 saturated heterocycles. The SMILES string of the molecule is CCc1ccc(CNC(=O)CN2C(=O)NC(C)(c3ccc(C)cc3)C2=O)s1. The van der Waals surface area contributed by atoms with Crippen LogP contribution in [-0.4, -0.2) is 29.3 Å². The van der Waals surface area contributed by atoms with Gasteiger partial charge in [-0.1, -0.05) is 36.8 Å². The number of nitrogens with one attached hydrogen (secondary N) is 2. The van der Waals surface area contributed by atoms with Gasteiger partial charge in [0.05, 0.1) is 6.54 Å². The Morgan fingerprint density at radius 3 is 2.44 bits per heavy atom. The van der Waals surface area contributed by atoms with Gasteiger partial charge in [-0.05, 0) is 38.0 Å². The molecule has 1 unspecified atom stereocenters. The third-order valence-electron chi connectivity index (χ3n) is 4.73. The number of carbonyl (C=O) groups is 3. The number of hydrogen-bond acceptors (Lipinski definition) is 4. The van der Waals surface area contributed by atoms with E-state index in [1.54, 1.807) is 18.3 Å². The maximum Gasteiger partial charge on any atom is 0.325 e. The van der Waals surface area contributed by atoms with Crippen molar-refractivity contribution < 1.29 is 14.4 Å². The standard InChI is InChI=1S/C20H23N3O3S/c1-4-15-9-10-16(27-15)11-21-17(24)12-23-18(25)20(3,22-19(23)26)14-7-5-13(2)6-8-14/h5-10H,4,11-12H2,1-3H3,(H,21,24)(H,22,26). The summed E-state index contributed by atoms with van der Waals surface area (Å²) in [5.41, 5.74) is 0.602. The molecule has 3 rings (SSSR count). The highest BCUT2D eigenvalue weighted by molar-refractivity contribution is 7.11. The molecule has 0 saturated carbocycles. The van der Waals surface area contributed by atoms with E-state index in [0.29, 0.717) is 12.1 Å². The van der Waals surface area contributed by atoms with Gasteiger partial charge >= 0.3 is 6.03 Å². The molecule has 142 valence electrons. The Morgan fingerprint density at radius 2 is 1.81 bits per heavy atom. The average Bonchev–Trinajstić information content (AvgIpc) is 3.19. The number of hydrogen-bond donors (Lipinski definition) is 2. The van der Waals surface area contributed by atoms with Gasteiger partial charge in [-0.3, -0.25) is 14.5 Å². The summed E-state index contributed by atoms with van der Waals surface area (Å²) in [5, 5.41) is 5.49. The van der Waals surface area contributed by atoms with E-state index in [4.69, 9.17) is 0 Å². The van der Waals surface area contributed by atoms with Gasteiger partial charge in [0.15, 0.2) is 0 Å². The predicted octanol–water partition coefficient (Wildman–Crippen LogP) is 2.70. The molecule has 1 fully saturated rings. The van der Waals surface area contributed by atoms with Crippen molar-refractivity contribution in [2.45, 2.75) is 39.3 Å². The van der Waals surface area contributed by atoms with E-state index in [-0.39, 0.29) is 12.5 Å². The van der Waals surface area contributed by atoms with Crippen LogP contribution < -0.4 is 10.6 Å². The largest absolute Gasteiger partial charge is 0.350 e. The number of carbonyl (C=O) groups excluding carboxylic acids is 3. The van der Waals surface area contributed by atoms with Gasteiger partial charge in [-0.2, -0.15) is 0 Å². The van der Waals surface area contributed by atoms with Gasteiger partial charge < -0.3 is 10.6 Å². The molecule has 4 amide bonds. The Bertz CT molecular complexity index is 875. The van der Waals surface area contributed by atoms with E-state index in [0.717, 1.165) is 21.8 Å². The molecule has 1 atom stereocenters. The van der Waals surface area contributed by atoms with E-state index in [9.17, 15) is 14.4 Å². The van der Waals surface area contributed by atoms with Crippen LogP contribution in [0.1, 0.15) is 34.7 Å². The summed E-state index contributed by atoms with van der Waals surface area (Å²) in [6, 6.07) is 10.9. The van der Waals surface area contributed by atoms with Crippen LogP contribution in [0.3, 0.4) is 0 Å². The maximum absolute atomic E-state index is 12.8. The highest BCUT2D eigenvalue weighted by atomic mass is 32.1. The van der Waals surface area contributed by atoms with Crippen molar-refractivity contribution in [2.24, 2.45) is 0 Å². The smallest absolute Gasteiger partial charge is 0.325 e. The summed E-state index contributed by atoms with van der Waals surface area (Å²) in [6.07, 6.45) is 0.957. The quantitative estimate of drug-likeness (QED) is 0.751. The van der Waals surface area contributed by atoms with Crippen LogP contribution in [-0.2, 0) is 28.1 Å². The van der Waals surface area contributed by atoms with Crippen LogP contribution in [0.4, 0.5) is 4.79 Å². The third-order valence-corrected chi connectivity index (χ3v) is 5.96. The lowest BCUT2D eigenvalue weighted by atomic mass is 9.91. The Morgan fingerprint density at radius 1 is 1.15 bits per heavy atom. The lowest BCUT2D eigenvalue weighted by molar-refractivity contribution is -0.134. The highest BCUT2D eigenvalue weighted by Crippen LogP contribution is 2.28. The fraction of sp³-hybridized carbons (Fsp3) is 0.350. The second kappa shape index (κ2) is 7.52. The Labute approximate surface area is 162 Å². The van der Waals surface area contributed by atoms with Crippen LogP contribution >= 0.6 is 11.3 Å². The van der Waals surface area contributed by atoms with Gasteiger partial charge in [0.1, 0.15) is 12.1 Å². The molecule has 2 heterocycles. The number of amides is 4. The topological polar surface area (TPSA) is 78.5 Å². The van der Waals surface area contributed by atoms with E-state index in [2.05, 4.69) is 17.6 Å². The zero-order valence-electron chi connectivity index (χ0n) is 15.7.